The van der Waals surface area contributed by atoms with Crippen LogP contribution in [0, 0.1) is 11.7 Å². The smallest absolute Gasteiger partial charge is 0.393 e. The van der Waals surface area contributed by atoms with Crippen LogP contribution in [-0.2, 0) is 16.4 Å². The maximum atomic E-state index is 13.7. The fourth-order valence-corrected chi connectivity index (χ4v) is 3.40. The maximum absolute atomic E-state index is 13.7. The number of amides is 1. The van der Waals surface area contributed by atoms with Gasteiger partial charge in [-0.25, -0.2) is 4.39 Å². The van der Waals surface area contributed by atoms with Crippen LogP contribution in [0.1, 0.15) is 37.3 Å². The largest absolute Gasteiger partial charge is 0.416 e. The van der Waals surface area contributed by atoms with Crippen molar-refractivity contribution in [2.75, 3.05) is 13.1 Å². The Labute approximate surface area is 137 Å². The second kappa shape index (κ2) is 5.72. The zero-order valence-electron chi connectivity index (χ0n) is 13.2. The molecule has 1 amide bonds. The minimum atomic E-state index is -4.65. The summed E-state index contributed by atoms with van der Waals surface area (Å²) in [5, 5.41) is 9.76. The van der Waals surface area contributed by atoms with Gasteiger partial charge in [0.25, 0.3) is 0 Å². The summed E-state index contributed by atoms with van der Waals surface area (Å²) >= 11 is 0. The van der Waals surface area contributed by atoms with Gasteiger partial charge in [-0.1, -0.05) is 6.92 Å². The van der Waals surface area contributed by atoms with Crippen LogP contribution in [0.5, 0.6) is 0 Å². The highest BCUT2D eigenvalue weighted by Gasteiger charge is 2.54. The van der Waals surface area contributed by atoms with Gasteiger partial charge in [0.2, 0.25) is 5.91 Å². The molecule has 7 heteroatoms. The van der Waals surface area contributed by atoms with Gasteiger partial charge < -0.3 is 10.0 Å². The van der Waals surface area contributed by atoms with Gasteiger partial charge in [0.1, 0.15) is 5.82 Å². The summed E-state index contributed by atoms with van der Waals surface area (Å²) < 4.78 is 52.4. The Morgan fingerprint density at radius 2 is 1.96 bits per heavy atom. The van der Waals surface area contributed by atoms with Crippen LogP contribution in [0.15, 0.2) is 18.2 Å². The van der Waals surface area contributed by atoms with Crippen LogP contribution in [0.4, 0.5) is 17.6 Å². The van der Waals surface area contributed by atoms with E-state index in [2.05, 4.69) is 0 Å². The third kappa shape index (κ3) is 3.01. The molecule has 132 valence electrons. The van der Waals surface area contributed by atoms with Crippen molar-refractivity contribution in [1.82, 2.24) is 4.90 Å². The molecule has 3 nitrogen and oxygen atoms in total. The number of nitrogens with zero attached hydrogens (tertiary/aromatic N) is 1. The lowest BCUT2D eigenvalue weighted by atomic mass is 9.90. The van der Waals surface area contributed by atoms with E-state index in [9.17, 15) is 27.5 Å². The average molecular weight is 345 g/mol. The Balaban J connectivity index is 1.89. The number of aliphatic hydroxyl groups excluding tert-OH is 1. The van der Waals surface area contributed by atoms with Crippen LogP contribution in [0.2, 0.25) is 0 Å². The highest BCUT2D eigenvalue weighted by atomic mass is 19.4. The summed E-state index contributed by atoms with van der Waals surface area (Å²) in [5.41, 5.74) is -2.03. The van der Waals surface area contributed by atoms with Gasteiger partial charge >= 0.3 is 6.18 Å². The molecule has 0 bridgehead atoms. The van der Waals surface area contributed by atoms with Gasteiger partial charge in [0.15, 0.2) is 0 Å². The Morgan fingerprint density at radius 3 is 2.50 bits per heavy atom. The monoisotopic (exact) mass is 345 g/mol. The molecule has 0 spiro atoms. The minimum Gasteiger partial charge on any atom is -0.393 e. The van der Waals surface area contributed by atoms with Crippen molar-refractivity contribution in [1.29, 1.82) is 0 Å². The molecular formula is C17H19F4NO2. The van der Waals surface area contributed by atoms with E-state index in [1.807, 2.05) is 6.92 Å². The zero-order valence-corrected chi connectivity index (χ0v) is 13.2. The lowest BCUT2D eigenvalue weighted by molar-refractivity contribution is -0.139. The van der Waals surface area contributed by atoms with Crippen LogP contribution >= 0.6 is 0 Å². The molecule has 24 heavy (non-hydrogen) atoms. The van der Waals surface area contributed by atoms with Crippen molar-refractivity contribution >= 4 is 5.91 Å². The fraction of sp³-hybridized carbons (Fsp3) is 0.588. The number of carbonyl (C=O) groups is 1. The van der Waals surface area contributed by atoms with Crippen molar-refractivity contribution in [3.63, 3.8) is 0 Å². The molecule has 1 aliphatic carbocycles. The molecule has 1 aromatic rings. The standard InChI is InChI=1S/C17H19F4NO2/c1-10-9-22(5-2-14(10)23)15(24)16(3-4-16)11-6-12(17(19,20)21)8-13(18)7-11/h6-8,10,14,23H,2-5,9H2,1H3/t10-,14-/m1/s1. The Bertz CT molecular complexity index is 654. The second-order valence-electron chi connectivity index (χ2n) is 6.89. The number of aliphatic hydroxyl groups is 1. The summed E-state index contributed by atoms with van der Waals surface area (Å²) in [4.78, 5) is 14.4. The molecule has 0 unspecified atom stereocenters. The average Bonchev–Trinajstić information content (AvgIpc) is 3.29. The lowest BCUT2D eigenvalue weighted by Gasteiger charge is -2.36. The summed E-state index contributed by atoms with van der Waals surface area (Å²) in [7, 11) is 0. The van der Waals surface area contributed by atoms with E-state index in [4.69, 9.17) is 0 Å². The first-order valence-electron chi connectivity index (χ1n) is 7.99. The van der Waals surface area contributed by atoms with Crippen molar-refractivity contribution < 1.29 is 27.5 Å². The molecule has 2 aliphatic rings. The molecular weight excluding hydrogens is 326 g/mol. The van der Waals surface area contributed by atoms with E-state index in [0.29, 0.717) is 38.4 Å². The molecule has 3 rings (SSSR count). The van der Waals surface area contributed by atoms with Crippen molar-refractivity contribution in [3.8, 4) is 0 Å². The summed E-state index contributed by atoms with van der Waals surface area (Å²) in [5.74, 6) is -1.34. The van der Waals surface area contributed by atoms with E-state index in [1.54, 1.807) is 4.90 Å². The van der Waals surface area contributed by atoms with E-state index >= 15 is 0 Å². The Hall–Kier alpha value is -1.63. The first-order chi connectivity index (χ1) is 11.1. The van der Waals surface area contributed by atoms with Crippen molar-refractivity contribution in [2.45, 2.75) is 43.9 Å². The predicted octanol–water partition coefficient (Wildman–Crippen LogP) is 3.11. The molecule has 1 saturated carbocycles. The molecule has 1 aliphatic heterocycles. The number of halogens is 4. The third-order valence-electron chi connectivity index (χ3n) is 5.08. The molecule has 2 fully saturated rings. The summed E-state index contributed by atoms with van der Waals surface area (Å²) in [6, 6.07) is 2.36. The van der Waals surface area contributed by atoms with Crippen LogP contribution < -0.4 is 0 Å². The first kappa shape index (κ1) is 17.2. The van der Waals surface area contributed by atoms with E-state index in [1.165, 1.54) is 0 Å². The molecule has 1 N–H and O–H groups in total. The molecule has 0 aromatic heterocycles. The van der Waals surface area contributed by atoms with E-state index in [-0.39, 0.29) is 17.4 Å². The third-order valence-corrected chi connectivity index (χ3v) is 5.08. The fourth-order valence-electron chi connectivity index (χ4n) is 3.40. The van der Waals surface area contributed by atoms with Gasteiger partial charge in [0, 0.05) is 13.1 Å². The van der Waals surface area contributed by atoms with Gasteiger partial charge in [-0.15, -0.1) is 0 Å². The topological polar surface area (TPSA) is 40.5 Å². The van der Waals surface area contributed by atoms with Crippen molar-refractivity contribution in [3.05, 3.63) is 35.1 Å². The summed E-state index contributed by atoms with van der Waals surface area (Å²) in [6.07, 6.45) is -3.85. The second-order valence-corrected chi connectivity index (χ2v) is 6.89. The van der Waals surface area contributed by atoms with E-state index < -0.39 is 29.1 Å². The van der Waals surface area contributed by atoms with E-state index in [0.717, 1.165) is 12.1 Å². The number of likely N-dealkylation sites (tertiary alicyclic amines) is 1. The Morgan fingerprint density at radius 1 is 1.29 bits per heavy atom. The van der Waals surface area contributed by atoms with Crippen LogP contribution in [0.3, 0.4) is 0 Å². The minimum absolute atomic E-state index is 0.0863. The SMILES string of the molecule is C[C@@H]1CN(C(=O)C2(c3cc(F)cc(C(F)(F)F)c3)CC2)CC[C@H]1O. The predicted molar refractivity (Wildman–Crippen MR) is 78.7 cm³/mol. The molecule has 1 aromatic carbocycles. The highest BCUT2D eigenvalue weighted by molar-refractivity contribution is 5.91. The number of carbonyl (C=O) groups excluding carboxylic acids is 1. The molecule has 2 atom stereocenters. The number of hydrogen-bond donors (Lipinski definition) is 1. The maximum Gasteiger partial charge on any atom is 0.416 e. The molecule has 0 radical (unpaired) electrons. The van der Waals surface area contributed by atoms with Crippen LogP contribution in [0.25, 0.3) is 0 Å². The lowest BCUT2D eigenvalue weighted by Crippen LogP contribution is -2.48. The number of benzene rings is 1. The van der Waals surface area contributed by atoms with Gasteiger partial charge in [-0.3, -0.25) is 4.79 Å². The molecule has 1 saturated heterocycles. The van der Waals surface area contributed by atoms with Crippen LogP contribution in [-0.4, -0.2) is 35.1 Å². The number of hydrogen-bond acceptors (Lipinski definition) is 2. The summed E-state index contributed by atoms with van der Waals surface area (Å²) in [6.45, 7) is 2.56. The zero-order chi connectivity index (χ0) is 17.7. The Kier molecular flexibility index (Phi) is 4.10. The molecule has 1 heterocycles. The quantitative estimate of drug-likeness (QED) is 0.837. The van der Waals surface area contributed by atoms with Gasteiger partial charge in [-0.05, 0) is 48.9 Å². The normalized spacial score (nSPS) is 26.3. The number of piperidine rings is 1. The van der Waals surface area contributed by atoms with Gasteiger partial charge in [0.05, 0.1) is 17.1 Å². The number of alkyl halides is 3. The first-order valence-corrected chi connectivity index (χ1v) is 7.99. The van der Waals surface area contributed by atoms with Gasteiger partial charge in [-0.2, -0.15) is 13.2 Å². The highest BCUT2D eigenvalue weighted by Crippen LogP contribution is 2.51. The van der Waals surface area contributed by atoms with Crippen molar-refractivity contribution in [2.24, 2.45) is 5.92 Å². The number of rotatable bonds is 2.